The molecule has 1 atom stereocenters. The standard InChI is InChI=1S/C35H39N3O4/c1-5-42-32(39)21-22-36-33(40)25-13-17-28(18-14-25)37-31(23-26-11-8-10-24-9-6-7-12-30(24)26)34(41)38-29-19-15-27(16-20-29)35(2,3)4/h6-20,31,37H,5,21-23H2,1-4H3,(H,36,40)(H,38,41)/t31-/m0/s1. The van der Waals surface area contributed by atoms with Crippen LogP contribution < -0.4 is 16.0 Å². The van der Waals surface area contributed by atoms with Crippen LogP contribution >= 0.6 is 0 Å². The van der Waals surface area contributed by atoms with Crippen LogP contribution in [0, 0.1) is 0 Å². The normalized spacial score (nSPS) is 11.9. The van der Waals surface area contributed by atoms with E-state index in [1.165, 1.54) is 5.56 Å². The molecule has 0 fully saturated rings. The minimum absolute atomic E-state index is 0.0188. The van der Waals surface area contributed by atoms with E-state index in [2.05, 4.69) is 54.9 Å². The molecular weight excluding hydrogens is 526 g/mol. The molecule has 0 unspecified atom stereocenters. The summed E-state index contributed by atoms with van der Waals surface area (Å²) < 4.78 is 4.89. The molecule has 218 valence electrons. The highest BCUT2D eigenvalue weighted by Crippen LogP contribution is 2.25. The molecule has 42 heavy (non-hydrogen) atoms. The second kappa shape index (κ2) is 13.8. The van der Waals surface area contributed by atoms with Crippen molar-refractivity contribution in [1.82, 2.24) is 5.32 Å². The second-order valence-corrected chi connectivity index (χ2v) is 11.2. The van der Waals surface area contributed by atoms with Crippen molar-refractivity contribution in [2.75, 3.05) is 23.8 Å². The van der Waals surface area contributed by atoms with E-state index < -0.39 is 6.04 Å². The van der Waals surface area contributed by atoms with Crippen LogP contribution in [0.5, 0.6) is 0 Å². The zero-order chi connectivity index (χ0) is 30.1. The minimum Gasteiger partial charge on any atom is -0.466 e. The molecule has 2 amide bonds. The van der Waals surface area contributed by atoms with Crippen molar-refractivity contribution in [3.8, 4) is 0 Å². The van der Waals surface area contributed by atoms with Crippen LogP contribution in [0.25, 0.3) is 10.8 Å². The van der Waals surface area contributed by atoms with Crippen LogP contribution in [-0.4, -0.2) is 37.0 Å². The smallest absolute Gasteiger partial charge is 0.307 e. The summed E-state index contributed by atoms with van der Waals surface area (Å²) in [6.07, 6.45) is 0.576. The first kappa shape index (κ1) is 30.3. The van der Waals surface area contributed by atoms with E-state index in [0.717, 1.165) is 22.0 Å². The number of amides is 2. The third kappa shape index (κ3) is 8.19. The lowest BCUT2D eigenvalue weighted by Crippen LogP contribution is -2.36. The van der Waals surface area contributed by atoms with E-state index in [9.17, 15) is 14.4 Å². The molecule has 4 aromatic rings. The number of anilines is 2. The van der Waals surface area contributed by atoms with E-state index in [4.69, 9.17) is 4.74 Å². The molecule has 0 heterocycles. The summed E-state index contributed by atoms with van der Waals surface area (Å²) in [6.45, 7) is 8.72. The molecule has 0 aliphatic heterocycles. The predicted octanol–water partition coefficient (Wildman–Crippen LogP) is 6.48. The topological polar surface area (TPSA) is 96.5 Å². The number of esters is 1. The van der Waals surface area contributed by atoms with Crippen LogP contribution in [0.15, 0.2) is 91.0 Å². The maximum absolute atomic E-state index is 13.7. The average molecular weight is 566 g/mol. The van der Waals surface area contributed by atoms with Crippen LogP contribution in [0.1, 0.15) is 55.6 Å². The van der Waals surface area contributed by atoms with E-state index in [0.29, 0.717) is 24.3 Å². The maximum atomic E-state index is 13.7. The van der Waals surface area contributed by atoms with Gasteiger partial charge >= 0.3 is 5.97 Å². The van der Waals surface area contributed by atoms with Crippen molar-refractivity contribution in [3.63, 3.8) is 0 Å². The molecule has 0 aliphatic carbocycles. The Morgan fingerprint density at radius 3 is 2.17 bits per heavy atom. The first-order valence-electron chi connectivity index (χ1n) is 14.3. The highest BCUT2D eigenvalue weighted by atomic mass is 16.5. The molecule has 0 bridgehead atoms. The van der Waals surface area contributed by atoms with Gasteiger partial charge in [-0.15, -0.1) is 0 Å². The summed E-state index contributed by atoms with van der Waals surface area (Å²) in [7, 11) is 0. The third-order valence-electron chi connectivity index (χ3n) is 7.05. The maximum Gasteiger partial charge on any atom is 0.307 e. The molecule has 4 rings (SSSR count). The van der Waals surface area contributed by atoms with Crippen molar-refractivity contribution in [2.45, 2.75) is 52.0 Å². The van der Waals surface area contributed by atoms with E-state index in [1.54, 1.807) is 31.2 Å². The molecule has 0 aromatic heterocycles. The van der Waals surface area contributed by atoms with Gasteiger partial charge in [-0.05, 0) is 70.6 Å². The molecule has 4 aromatic carbocycles. The van der Waals surface area contributed by atoms with E-state index >= 15 is 0 Å². The Balaban J connectivity index is 1.50. The molecule has 0 spiro atoms. The second-order valence-electron chi connectivity index (χ2n) is 11.2. The summed E-state index contributed by atoms with van der Waals surface area (Å²) >= 11 is 0. The lowest BCUT2D eigenvalue weighted by atomic mass is 9.87. The van der Waals surface area contributed by atoms with Gasteiger partial charge in [0, 0.05) is 29.9 Å². The summed E-state index contributed by atoms with van der Waals surface area (Å²) in [5, 5.41) is 11.4. The largest absolute Gasteiger partial charge is 0.466 e. The van der Waals surface area contributed by atoms with Gasteiger partial charge < -0.3 is 20.7 Å². The molecule has 7 nitrogen and oxygen atoms in total. The number of benzene rings is 4. The zero-order valence-corrected chi connectivity index (χ0v) is 24.7. The van der Waals surface area contributed by atoms with Gasteiger partial charge in [-0.25, -0.2) is 0 Å². The lowest BCUT2D eigenvalue weighted by Gasteiger charge is -2.22. The van der Waals surface area contributed by atoms with Crippen molar-refractivity contribution >= 4 is 39.9 Å². The van der Waals surface area contributed by atoms with Crippen LogP contribution in [-0.2, 0) is 26.2 Å². The van der Waals surface area contributed by atoms with Gasteiger partial charge in [-0.3, -0.25) is 14.4 Å². The Labute approximate surface area is 247 Å². The number of fused-ring (bicyclic) bond motifs is 1. The molecule has 0 radical (unpaired) electrons. The fraction of sp³-hybridized carbons (Fsp3) is 0.286. The van der Waals surface area contributed by atoms with Gasteiger partial charge in [0.05, 0.1) is 13.0 Å². The van der Waals surface area contributed by atoms with Gasteiger partial charge in [0.25, 0.3) is 5.91 Å². The van der Waals surface area contributed by atoms with Crippen LogP contribution in [0.2, 0.25) is 0 Å². The van der Waals surface area contributed by atoms with Crippen molar-refractivity contribution in [2.24, 2.45) is 0 Å². The summed E-state index contributed by atoms with van der Waals surface area (Å²) in [5.41, 5.74) is 4.16. The Morgan fingerprint density at radius 1 is 0.810 bits per heavy atom. The van der Waals surface area contributed by atoms with Gasteiger partial charge in [0.2, 0.25) is 5.91 Å². The van der Waals surface area contributed by atoms with Crippen molar-refractivity contribution in [1.29, 1.82) is 0 Å². The first-order valence-corrected chi connectivity index (χ1v) is 14.3. The molecule has 0 saturated carbocycles. The number of carbonyl (C=O) groups is 3. The quantitative estimate of drug-likeness (QED) is 0.181. The van der Waals surface area contributed by atoms with Crippen molar-refractivity contribution < 1.29 is 19.1 Å². The van der Waals surface area contributed by atoms with Crippen LogP contribution in [0.3, 0.4) is 0 Å². The highest BCUT2D eigenvalue weighted by Gasteiger charge is 2.21. The SMILES string of the molecule is CCOC(=O)CCNC(=O)c1ccc(N[C@@H](Cc2cccc3ccccc23)C(=O)Nc2ccc(C(C)(C)C)cc2)cc1. The number of rotatable bonds is 11. The highest BCUT2D eigenvalue weighted by molar-refractivity contribution is 5.98. The first-order chi connectivity index (χ1) is 20.1. The molecule has 3 N–H and O–H groups in total. The number of hydrogen-bond donors (Lipinski definition) is 3. The number of carbonyl (C=O) groups excluding carboxylic acids is 3. The van der Waals surface area contributed by atoms with Gasteiger partial charge in [0.1, 0.15) is 6.04 Å². The van der Waals surface area contributed by atoms with Crippen LogP contribution in [0.4, 0.5) is 11.4 Å². The minimum atomic E-state index is -0.581. The van der Waals surface area contributed by atoms with Gasteiger partial charge in [-0.1, -0.05) is 75.4 Å². The number of hydrogen-bond acceptors (Lipinski definition) is 5. The molecular formula is C35H39N3O4. The Kier molecular flexibility index (Phi) is 9.97. The monoisotopic (exact) mass is 565 g/mol. The summed E-state index contributed by atoms with van der Waals surface area (Å²) in [4.78, 5) is 37.7. The summed E-state index contributed by atoms with van der Waals surface area (Å²) in [5.74, 6) is -0.792. The molecule has 0 saturated heterocycles. The Hall–Kier alpha value is -4.65. The molecule has 0 aliphatic rings. The zero-order valence-electron chi connectivity index (χ0n) is 24.7. The van der Waals surface area contributed by atoms with E-state index in [1.807, 2.05) is 48.5 Å². The fourth-order valence-electron chi connectivity index (χ4n) is 4.71. The lowest BCUT2D eigenvalue weighted by molar-refractivity contribution is -0.142. The van der Waals surface area contributed by atoms with E-state index in [-0.39, 0.29) is 36.2 Å². The fourth-order valence-corrected chi connectivity index (χ4v) is 4.71. The summed E-state index contributed by atoms with van der Waals surface area (Å²) in [6, 6.07) is 28.6. The number of ether oxygens (including phenoxy) is 1. The predicted molar refractivity (Wildman–Crippen MR) is 169 cm³/mol. The Morgan fingerprint density at radius 2 is 1.48 bits per heavy atom. The Bertz CT molecular complexity index is 1520. The molecule has 7 heteroatoms. The average Bonchev–Trinajstić information content (AvgIpc) is 2.97. The van der Waals surface area contributed by atoms with Crippen molar-refractivity contribution in [3.05, 3.63) is 108 Å². The van der Waals surface area contributed by atoms with Gasteiger partial charge in [-0.2, -0.15) is 0 Å². The number of nitrogens with one attached hydrogen (secondary N) is 3. The van der Waals surface area contributed by atoms with Gasteiger partial charge in [0.15, 0.2) is 0 Å². The third-order valence-corrected chi connectivity index (χ3v) is 7.05.